The Labute approximate surface area is 123 Å². The fraction of sp³-hybridized carbons (Fsp3) is 0.294. The van der Waals surface area contributed by atoms with Gasteiger partial charge in [0.25, 0.3) is 0 Å². The van der Waals surface area contributed by atoms with Crippen molar-refractivity contribution in [3.63, 3.8) is 0 Å². The molecule has 21 heavy (non-hydrogen) atoms. The number of carbonyl (C=O) groups is 1. The number of esters is 1. The van der Waals surface area contributed by atoms with Gasteiger partial charge in [0, 0.05) is 0 Å². The van der Waals surface area contributed by atoms with Crippen molar-refractivity contribution in [2.24, 2.45) is 0 Å². The van der Waals surface area contributed by atoms with Crippen LogP contribution >= 0.6 is 0 Å². The number of rotatable bonds is 4. The maximum atomic E-state index is 12.0. The van der Waals surface area contributed by atoms with Crippen LogP contribution in [0.25, 0.3) is 10.8 Å². The van der Waals surface area contributed by atoms with Crippen LogP contribution in [0.15, 0.2) is 36.4 Å². The van der Waals surface area contributed by atoms with Gasteiger partial charge in [0.1, 0.15) is 11.8 Å². The molecule has 0 heterocycles. The van der Waals surface area contributed by atoms with Gasteiger partial charge < -0.3 is 9.47 Å². The normalized spacial score (nSPS) is 13.2. The number of nitriles is 1. The first-order chi connectivity index (χ1) is 10.0. The lowest BCUT2D eigenvalue weighted by Gasteiger charge is -2.13. The van der Waals surface area contributed by atoms with Crippen LogP contribution in [0, 0.1) is 11.3 Å². The summed E-state index contributed by atoms with van der Waals surface area (Å²) in [5, 5.41) is 10.8. The van der Waals surface area contributed by atoms with E-state index in [4.69, 9.17) is 14.7 Å². The Hall–Kier alpha value is -2.54. The molecule has 0 N–H and O–H groups in total. The number of benzene rings is 2. The molecular weight excluding hydrogens is 266 g/mol. The van der Waals surface area contributed by atoms with Crippen molar-refractivity contribution in [3.8, 4) is 11.8 Å². The molecule has 0 spiro atoms. The van der Waals surface area contributed by atoms with Gasteiger partial charge in [0.2, 0.25) is 0 Å². The van der Waals surface area contributed by atoms with Gasteiger partial charge >= 0.3 is 5.97 Å². The fourth-order valence-corrected chi connectivity index (χ4v) is 2.08. The first-order valence-corrected chi connectivity index (χ1v) is 6.73. The topological polar surface area (TPSA) is 59.3 Å². The summed E-state index contributed by atoms with van der Waals surface area (Å²) in [5.74, 6) is -0.00485. The van der Waals surface area contributed by atoms with Gasteiger partial charge in [0.05, 0.1) is 13.0 Å². The average molecular weight is 283 g/mol. The van der Waals surface area contributed by atoms with Gasteiger partial charge in [-0.2, -0.15) is 5.26 Å². The number of ether oxygens (including phenoxy) is 2. The largest absolute Gasteiger partial charge is 0.497 e. The lowest BCUT2D eigenvalue weighted by molar-refractivity contribution is -0.147. The molecule has 4 heteroatoms. The Balaban J connectivity index is 2.26. The van der Waals surface area contributed by atoms with E-state index < -0.39 is 18.0 Å². The molecule has 0 aliphatic rings. The van der Waals surface area contributed by atoms with E-state index in [1.54, 1.807) is 21.0 Å². The molecular formula is C17H17NO3. The minimum atomic E-state index is -0.732. The van der Waals surface area contributed by atoms with E-state index in [1.807, 2.05) is 42.5 Å². The lowest BCUT2D eigenvalue weighted by Crippen LogP contribution is -2.18. The van der Waals surface area contributed by atoms with Crippen molar-refractivity contribution in [3.05, 3.63) is 42.0 Å². The zero-order chi connectivity index (χ0) is 15.4. The van der Waals surface area contributed by atoms with E-state index >= 15 is 0 Å². The summed E-state index contributed by atoms with van der Waals surface area (Å²) in [4.78, 5) is 12.0. The Morgan fingerprint density at radius 2 is 1.81 bits per heavy atom. The maximum absolute atomic E-state index is 12.0. The quantitative estimate of drug-likeness (QED) is 0.807. The third-order valence-corrected chi connectivity index (χ3v) is 3.40. The highest BCUT2D eigenvalue weighted by molar-refractivity contribution is 5.86. The molecule has 0 fully saturated rings. The molecule has 2 aromatic rings. The van der Waals surface area contributed by atoms with Crippen LogP contribution in [0.2, 0.25) is 0 Å². The highest BCUT2D eigenvalue weighted by Gasteiger charge is 2.19. The molecule has 2 atom stereocenters. The highest BCUT2D eigenvalue weighted by atomic mass is 16.5. The molecule has 2 rings (SSSR count). The Morgan fingerprint density at radius 1 is 1.14 bits per heavy atom. The summed E-state index contributed by atoms with van der Waals surface area (Å²) in [6.07, 6.45) is -0.732. The minimum Gasteiger partial charge on any atom is -0.497 e. The van der Waals surface area contributed by atoms with Crippen LogP contribution in [0.1, 0.15) is 25.3 Å². The second-order valence-electron chi connectivity index (χ2n) is 4.90. The molecule has 0 unspecified atom stereocenters. The van der Waals surface area contributed by atoms with E-state index in [-0.39, 0.29) is 0 Å². The van der Waals surface area contributed by atoms with Crippen molar-refractivity contribution in [1.82, 2.24) is 0 Å². The Kier molecular flexibility index (Phi) is 4.44. The molecule has 0 saturated heterocycles. The summed E-state index contributed by atoms with van der Waals surface area (Å²) in [6.45, 7) is 3.33. The van der Waals surface area contributed by atoms with Crippen molar-refractivity contribution < 1.29 is 14.3 Å². The van der Waals surface area contributed by atoms with Gasteiger partial charge in [-0.3, -0.25) is 4.79 Å². The van der Waals surface area contributed by atoms with Crippen LogP contribution in [-0.4, -0.2) is 19.2 Å². The maximum Gasteiger partial charge on any atom is 0.314 e. The SMILES string of the molecule is COc1ccc2cc([C@H](C)C(=O)O[C@@H](C)C#N)ccc2c1. The van der Waals surface area contributed by atoms with E-state index in [0.29, 0.717) is 0 Å². The number of hydrogen-bond acceptors (Lipinski definition) is 4. The zero-order valence-corrected chi connectivity index (χ0v) is 12.3. The second kappa shape index (κ2) is 6.27. The molecule has 4 nitrogen and oxygen atoms in total. The average Bonchev–Trinajstić information content (AvgIpc) is 2.52. The van der Waals surface area contributed by atoms with Crippen molar-refractivity contribution in [1.29, 1.82) is 5.26 Å². The summed E-state index contributed by atoms with van der Waals surface area (Å²) < 4.78 is 10.2. The molecule has 2 aromatic carbocycles. The van der Waals surface area contributed by atoms with Crippen LogP contribution in [0.5, 0.6) is 5.75 Å². The third-order valence-electron chi connectivity index (χ3n) is 3.40. The van der Waals surface area contributed by atoms with Crippen molar-refractivity contribution in [2.75, 3.05) is 7.11 Å². The van der Waals surface area contributed by atoms with Crippen LogP contribution < -0.4 is 4.74 Å². The summed E-state index contributed by atoms with van der Waals surface area (Å²) in [7, 11) is 1.63. The first-order valence-electron chi connectivity index (χ1n) is 6.73. The van der Waals surface area contributed by atoms with Crippen LogP contribution in [-0.2, 0) is 9.53 Å². The lowest BCUT2D eigenvalue weighted by atomic mass is 9.98. The molecule has 0 amide bonds. The van der Waals surface area contributed by atoms with Gasteiger partial charge in [-0.1, -0.05) is 24.3 Å². The van der Waals surface area contributed by atoms with E-state index in [0.717, 1.165) is 22.1 Å². The van der Waals surface area contributed by atoms with Crippen molar-refractivity contribution in [2.45, 2.75) is 25.9 Å². The monoisotopic (exact) mass is 283 g/mol. The standard InChI is InChI=1S/C17H17NO3/c1-11(10-18)21-17(19)12(2)13-4-5-15-9-16(20-3)7-6-14(15)8-13/h4-9,11-12H,1-3H3/t11-,12-/m0/s1. The molecule has 0 aliphatic carbocycles. The molecule has 0 aromatic heterocycles. The highest BCUT2D eigenvalue weighted by Crippen LogP contribution is 2.25. The number of hydrogen-bond donors (Lipinski definition) is 0. The predicted molar refractivity (Wildman–Crippen MR) is 80.1 cm³/mol. The Morgan fingerprint density at radius 3 is 2.48 bits per heavy atom. The second-order valence-corrected chi connectivity index (χ2v) is 4.90. The minimum absolute atomic E-state index is 0.392. The summed E-state index contributed by atoms with van der Waals surface area (Å²) in [5.41, 5.74) is 0.864. The number of methoxy groups -OCH3 is 1. The Bertz CT molecular complexity index is 703. The van der Waals surface area contributed by atoms with E-state index in [1.165, 1.54) is 0 Å². The van der Waals surface area contributed by atoms with Gasteiger partial charge in [0.15, 0.2) is 6.10 Å². The van der Waals surface area contributed by atoms with Gasteiger partial charge in [-0.05, 0) is 42.3 Å². The zero-order valence-electron chi connectivity index (χ0n) is 12.3. The molecule has 108 valence electrons. The van der Waals surface area contributed by atoms with Crippen LogP contribution in [0.4, 0.5) is 0 Å². The fourth-order valence-electron chi connectivity index (χ4n) is 2.08. The third kappa shape index (κ3) is 3.32. The molecule has 0 bridgehead atoms. The smallest absolute Gasteiger partial charge is 0.314 e. The van der Waals surface area contributed by atoms with Crippen LogP contribution in [0.3, 0.4) is 0 Å². The van der Waals surface area contributed by atoms with Crippen molar-refractivity contribution >= 4 is 16.7 Å². The predicted octanol–water partition coefficient (Wildman–Crippen LogP) is 3.41. The molecule has 0 radical (unpaired) electrons. The first kappa shape index (κ1) is 14.9. The molecule has 0 saturated carbocycles. The van der Waals surface area contributed by atoms with E-state index in [2.05, 4.69) is 0 Å². The van der Waals surface area contributed by atoms with Gasteiger partial charge in [-0.25, -0.2) is 0 Å². The summed E-state index contributed by atoms with van der Waals surface area (Å²) in [6, 6.07) is 13.5. The number of fused-ring (bicyclic) bond motifs is 1. The summed E-state index contributed by atoms with van der Waals surface area (Å²) >= 11 is 0. The van der Waals surface area contributed by atoms with Gasteiger partial charge in [-0.15, -0.1) is 0 Å². The van der Waals surface area contributed by atoms with E-state index in [9.17, 15) is 4.79 Å². The number of carbonyl (C=O) groups excluding carboxylic acids is 1. The number of nitrogens with zero attached hydrogens (tertiary/aromatic N) is 1. The molecule has 0 aliphatic heterocycles.